The molecule has 0 spiro atoms. The topological polar surface area (TPSA) is 82.1 Å². The number of rotatable bonds is 3. The summed E-state index contributed by atoms with van der Waals surface area (Å²) in [6.07, 6.45) is 0.918. The molecule has 0 unspecified atom stereocenters. The molecule has 0 aromatic rings. The molecule has 4 atom stereocenters. The van der Waals surface area contributed by atoms with Gasteiger partial charge in [0, 0.05) is 18.1 Å². The van der Waals surface area contributed by atoms with Gasteiger partial charge in [0.25, 0.3) is 0 Å². The lowest BCUT2D eigenvalue weighted by Gasteiger charge is -2.15. The molecule has 6 heteroatoms. The van der Waals surface area contributed by atoms with Crippen molar-refractivity contribution in [1.29, 1.82) is 0 Å². The van der Waals surface area contributed by atoms with Crippen molar-refractivity contribution in [3.05, 3.63) is 12.2 Å². The van der Waals surface area contributed by atoms with E-state index in [9.17, 15) is 9.59 Å². The molecule has 1 N–H and O–H groups in total. The first kappa shape index (κ1) is 12.1. The van der Waals surface area contributed by atoms with Gasteiger partial charge in [0.05, 0.1) is 19.3 Å². The number of ether oxygens (including phenoxy) is 3. The Labute approximate surface area is 98.1 Å². The Kier molecular flexibility index (Phi) is 3.44. The zero-order valence-corrected chi connectivity index (χ0v) is 9.37. The molecule has 6 nitrogen and oxygen atoms in total. The normalized spacial score (nSPS) is 36.1. The Balaban J connectivity index is 1.88. The molecule has 0 aromatic heterocycles. The first-order valence-corrected chi connectivity index (χ1v) is 5.42. The summed E-state index contributed by atoms with van der Waals surface area (Å²) >= 11 is 0. The average molecular weight is 242 g/mol. The fourth-order valence-corrected chi connectivity index (χ4v) is 2.08. The summed E-state index contributed by atoms with van der Waals surface area (Å²) in [5.41, 5.74) is 0. The fourth-order valence-electron chi connectivity index (χ4n) is 2.08. The third-order valence-corrected chi connectivity index (χ3v) is 2.89. The van der Waals surface area contributed by atoms with E-state index in [-0.39, 0.29) is 12.2 Å². The average Bonchev–Trinajstić information content (AvgIpc) is 2.81. The number of hydrogen-bond donors (Lipinski definition) is 1. The highest BCUT2D eigenvalue weighted by atomic mass is 16.6. The van der Waals surface area contributed by atoms with Crippen LogP contribution in [0, 0.1) is 5.92 Å². The summed E-state index contributed by atoms with van der Waals surface area (Å²) in [5, 5.41) is 8.36. The Morgan fingerprint density at radius 1 is 1.24 bits per heavy atom. The van der Waals surface area contributed by atoms with Gasteiger partial charge in [-0.2, -0.15) is 0 Å². The second-order valence-electron chi connectivity index (χ2n) is 4.22. The van der Waals surface area contributed by atoms with Gasteiger partial charge in [-0.05, 0) is 0 Å². The molecule has 0 bridgehead atoms. The van der Waals surface area contributed by atoms with Crippen LogP contribution in [-0.4, -0.2) is 48.6 Å². The van der Waals surface area contributed by atoms with Crippen LogP contribution >= 0.6 is 0 Å². The van der Waals surface area contributed by atoms with Crippen LogP contribution in [0.15, 0.2) is 12.2 Å². The first-order chi connectivity index (χ1) is 8.08. The minimum absolute atomic E-state index is 0.0312. The van der Waals surface area contributed by atoms with Crippen LogP contribution in [0.4, 0.5) is 0 Å². The number of carbonyl (C=O) groups excluding carboxylic acids is 1. The van der Waals surface area contributed by atoms with Crippen LogP contribution in [0.5, 0.6) is 0 Å². The Bertz CT molecular complexity index is 350. The minimum atomic E-state index is -1.19. The molecule has 0 aliphatic carbocycles. The van der Waals surface area contributed by atoms with Gasteiger partial charge in [0.15, 0.2) is 6.10 Å². The first-order valence-electron chi connectivity index (χ1n) is 5.42. The van der Waals surface area contributed by atoms with Gasteiger partial charge in [-0.1, -0.05) is 6.92 Å². The highest BCUT2D eigenvalue weighted by molar-refractivity contribution is 5.90. The third-order valence-electron chi connectivity index (χ3n) is 2.89. The number of carbonyl (C=O) groups is 2. The van der Waals surface area contributed by atoms with Crippen molar-refractivity contribution in [2.75, 3.05) is 13.2 Å². The summed E-state index contributed by atoms with van der Waals surface area (Å²) in [6, 6.07) is 0. The van der Waals surface area contributed by atoms with E-state index in [0.717, 1.165) is 12.2 Å². The lowest BCUT2D eigenvalue weighted by atomic mass is 10.0. The third kappa shape index (κ3) is 2.65. The van der Waals surface area contributed by atoms with Crippen molar-refractivity contribution in [1.82, 2.24) is 0 Å². The van der Waals surface area contributed by atoms with Crippen molar-refractivity contribution in [3.63, 3.8) is 0 Å². The highest BCUT2D eigenvalue weighted by Crippen LogP contribution is 2.32. The van der Waals surface area contributed by atoms with Crippen molar-refractivity contribution in [2.45, 2.75) is 25.2 Å². The van der Waals surface area contributed by atoms with Gasteiger partial charge in [-0.3, -0.25) is 0 Å². The van der Waals surface area contributed by atoms with E-state index in [4.69, 9.17) is 19.3 Å². The number of carboxylic acid groups (broad SMARTS) is 1. The smallest absolute Gasteiger partial charge is 0.331 e. The molecule has 0 aromatic carbocycles. The van der Waals surface area contributed by atoms with Crippen molar-refractivity contribution < 1.29 is 28.9 Å². The molecule has 2 aliphatic rings. The summed E-state index contributed by atoms with van der Waals surface area (Å²) in [7, 11) is 0. The number of esters is 1. The fraction of sp³-hybridized carbons (Fsp3) is 0.636. The van der Waals surface area contributed by atoms with E-state index in [2.05, 4.69) is 0 Å². The lowest BCUT2D eigenvalue weighted by molar-refractivity contribution is -0.148. The van der Waals surface area contributed by atoms with Gasteiger partial charge < -0.3 is 19.3 Å². The van der Waals surface area contributed by atoms with E-state index in [0.29, 0.717) is 19.1 Å². The molecule has 2 fully saturated rings. The van der Waals surface area contributed by atoms with Gasteiger partial charge in [0.1, 0.15) is 6.10 Å². The number of hydrogen-bond acceptors (Lipinski definition) is 5. The van der Waals surface area contributed by atoms with E-state index in [1.807, 2.05) is 6.92 Å². The molecular formula is C11H14O6. The number of aliphatic carboxylic acids is 1. The molecule has 2 rings (SSSR count). The van der Waals surface area contributed by atoms with Gasteiger partial charge in [-0.15, -0.1) is 0 Å². The molecule has 2 heterocycles. The van der Waals surface area contributed by atoms with Gasteiger partial charge in [-0.25, -0.2) is 9.59 Å². The van der Waals surface area contributed by atoms with E-state index < -0.39 is 18.0 Å². The molecule has 17 heavy (non-hydrogen) atoms. The van der Waals surface area contributed by atoms with Crippen LogP contribution < -0.4 is 0 Å². The predicted molar refractivity (Wildman–Crippen MR) is 55.3 cm³/mol. The number of carboxylic acids is 1. The maximum absolute atomic E-state index is 11.3. The number of fused-ring (bicyclic) bond motifs is 1. The quantitative estimate of drug-likeness (QED) is 0.553. The largest absolute Gasteiger partial charge is 0.478 e. The standard InChI is InChI=1S/C11H14O6/c1-6-4-15-11-7(5-16-10(6)11)17-9(14)3-2-8(12)13/h2-3,6-7,10-11H,4-5H2,1H3,(H,12,13)/b3-2+/t6-,7+,10+,11+/m0/s1. The van der Waals surface area contributed by atoms with Crippen molar-refractivity contribution >= 4 is 11.9 Å². The van der Waals surface area contributed by atoms with Crippen molar-refractivity contribution in [2.24, 2.45) is 5.92 Å². The van der Waals surface area contributed by atoms with E-state index >= 15 is 0 Å². The summed E-state index contributed by atoms with van der Waals surface area (Å²) < 4.78 is 16.1. The summed E-state index contributed by atoms with van der Waals surface area (Å²) in [5.74, 6) is -1.59. The van der Waals surface area contributed by atoms with E-state index in [1.165, 1.54) is 0 Å². The maximum Gasteiger partial charge on any atom is 0.331 e. The van der Waals surface area contributed by atoms with Crippen LogP contribution in [-0.2, 0) is 23.8 Å². The highest BCUT2D eigenvalue weighted by Gasteiger charge is 2.47. The molecule has 0 saturated carbocycles. The van der Waals surface area contributed by atoms with E-state index in [1.54, 1.807) is 0 Å². The lowest BCUT2D eigenvalue weighted by Crippen LogP contribution is -2.32. The van der Waals surface area contributed by atoms with Gasteiger partial charge in [0.2, 0.25) is 0 Å². The van der Waals surface area contributed by atoms with Crippen LogP contribution in [0.2, 0.25) is 0 Å². The molecule has 2 aliphatic heterocycles. The molecule has 94 valence electrons. The molecular weight excluding hydrogens is 228 g/mol. The second kappa shape index (κ2) is 4.85. The predicted octanol–water partition coefficient (Wildman–Crippen LogP) is -0.0273. The van der Waals surface area contributed by atoms with Crippen LogP contribution in [0.1, 0.15) is 6.92 Å². The second-order valence-corrected chi connectivity index (χ2v) is 4.22. The maximum atomic E-state index is 11.3. The van der Waals surface area contributed by atoms with Crippen LogP contribution in [0.25, 0.3) is 0 Å². The Morgan fingerprint density at radius 2 is 1.94 bits per heavy atom. The minimum Gasteiger partial charge on any atom is -0.478 e. The van der Waals surface area contributed by atoms with Crippen LogP contribution in [0.3, 0.4) is 0 Å². The van der Waals surface area contributed by atoms with Gasteiger partial charge >= 0.3 is 11.9 Å². The zero-order chi connectivity index (χ0) is 12.4. The van der Waals surface area contributed by atoms with Crippen molar-refractivity contribution in [3.8, 4) is 0 Å². The summed E-state index contributed by atoms with van der Waals surface area (Å²) in [4.78, 5) is 21.5. The zero-order valence-electron chi connectivity index (χ0n) is 9.37. The Morgan fingerprint density at radius 3 is 2.65 bits per heavy atom. The summed E-state index contributed by atoms with van der Waals surface area (Å²) in [6.45, 7) is 2.90. The molecule has 2 saturated heterocycles. The SMILES string of the molecule is C[C@H]1CO[C@H]2[C@@H]1OC[C@H]2OC(=O)/C=C/C(=O)O. The molecule has 0 radical (unpaired) electrons. The molecule has 0 amide bonds. The Hall–Kier alpha value is -1.40. The monoisotopic (exact) mass is 242 g/mol.